The first-order valence-electron chi connectivity index (χ1n) is 9.02. The van der Waals surface area contributed by atoms with Gasteiger partial charge in [0.25, 0.3) is 5.56 Å². The van der Waals surface area contributed by atoms with E-state index < -0.39 is 11.2 Å². The summed E-state index contributed by atoms with van der Waals surface area (Å²) in [6, 6.07) is 17.4. The van der Waals surface area contributed by atoms with Gasteiger partial charge in [0, 0.05) is 24.7 Å². The van der Waals surface area contributed by atoms with Gasteiger partial charge in [-0.2, -0.15) is 0 Å². The zero-order valence-electron chi connectivity index (χ0n) is 15.5. The van der Waals surface area contributed by atoms with Crippen LogP contribution in [0.2, 0.25) is 0 Å². The highest BCUT2D eigenvalue weighted by atomic mass is 16.5. The maximum atomic E-state index is 12.2. The summed E-state index contributed by atoms with van der Waals surface area (Å²) in [6.07, 6.45) is 1.89. The van der Waals surface area contributed by atoms with Crippen LogP contribution in [0.1, 0.15) is 16.7 Å². The molecule has 0 bridgehead atoms. The molecule has 3 N–H and O–H groups in total. The van der Waals surface area contributed by atoms with Crippen molar-refractivity contribution in [3.8, 4) is 5.75 Å². The molecule has 0 saturated carbocycles. The number of hydrogen-bond donors (Lipinski definition) is 2. The van der Waals surface area contributed by atoms with Gasteiger partial charge in [-0.1, -0.05) is 42.5 Å². The molecule has 0 atom stereocenters. The van der Waals surface area contributed by atoms with Gasteiger partial charge in [0.15, 0.2) is 0 Å². The predicted molar refractivity (Wildman–Crippen MR) is 106 cm³/mol. The Kier molecular flexibility index (Phi) is 6.78. The Morgan fingerprint density at radius 3 is 2.57 bits per heavy atom. The quantitative estimate of drug-likeness (QED) is 0.549. The predicted octanol–water partition coefficient (Wildman–Crippen LogP) is 1.64. The van der Waals surface area contributed by atoms with Crippen molar-refractivity contribution in [3.63, 3.8) is 0 Å². The molecule has 0 saturated heterocycles. The second kappa shape index (κ2) is 9.68. The second-order valence-electron chi connectivity index (χ2n) is 6.31. The number of hydrogen-bond acceptors (Lipinski definition) is 5. The minimum absolute atomic E-state index is 0.0417. The number of aromatic nitrogens is 2. The number of ether oxygens (including phenoxy) is 2. The van der Waals surface area contributed by atoms with Crippen LogP contribution in [-0.4, -0.2) is 22.7 Å². The summed E-state index contributed by atoms with van der Waals surface area (Å²) in [7, 11) is 0. The van der Waals surface area contributed by atoms with Crippen molar-refractivity contribution in [2.75, 3.05) is 13.2 Å². The molecular formula is C21H23N3O4. The van der Waals surface area contributed by atoms with E-state index in [4.69, 9.17) is 15.2 Å². The SMILES string of the molecule is NCCOCn1cc(Cc2cccc(OCc3ccccc3)c2)c(=O)[nH]c1=O. The largest absolute Gasteiger partial charge is 0.489 e. The zero-order valence-corrected chi connectivity index (χ0v) is 15.5. The highest BCUT2D eigenvalue weighted by Gasteiger charge is 2.07. The lowest BCUT2D eigenvalue weighted by molar-refractivity contribution is 0.0795. The van der Waals surface area contributed by atoms with Crippen LogP contribution in [0.4, 0.5) is 0 Å². The molecule has 0 unspecified atom stereocenters. The van der Waals surface area contributed by atoms with Crippen molar-refractivity contribution in [1.82, 2.24) is 9.55 Å². The Labute approximate surface area is 162 Å². The monoisotopic (exact) mass is 381 g/mol. The van der Waals surface area contributed by atoms with Crippen LogP contribution in [-0.2, 0) is 24.5 Å². The molecule has 28 heavy (non-hydrogen) atoms. The molecule has 3 rings (SSSR count). The average Bonchev–Trinajstić information content (AvgIpc) is 2.71. The Morgan fingerprint density at radius 2 is 1.79 bits per heavy atom. The topological polar surface area (TPSA) is 99.3 Å². The highest BCUT2D eigenvalue weighted by Crippen LogP contribution is 2.17. The van der Waals surface area contributed by atoms with E-state index in [0.29, 0.717) is 31.7 Å². The molecule has 0 aliphatic carbocycles. The molecule has 0 amide bonds. The second-order valence-corrected chi connectivity index (χ2v) is 6.31. The summed E-state index contributed by atoms with van der Waals surface area (Å²) in [6.45, 7) is 1.21. The summed E-state index contributed by atoms with van der Waals surface area (Å²) in [5, 5.41) is 0. The number of H-pyrrole nitrogens is 1. The van der Waals surface area contributed by atoms with E-state index in [0.717, 1.165) is 16.9 Å². The fourth-order valence-electron chi connectivity index (χ4n) is 2.73. The van der Waals surface area contributed by atoms with Crippen molar-refractivity contribution in [2.24, 2.45) is 5.73 Å². The Hall–Kier alpha value is -3.16. The third-order valence-electron chi connectivity index (χ3n) is 4.12. The Morgan fingerprint density at radius 1 is 1.00 bits per heavy atom. The maximum absolute atomic E-state index is 12.2. The van der Waals surface area contributed by atoms with Gasteiger partial charge in [-0.15, -0.1) is 0 Å². The first kappa shape index (κ1) is 19.6. The molecule has 2 aromatic carbocycles. The molecular weight excluding hydrogens is 358 g/mol. The fourth-order valence-corrected chi connectivity index (χ4v) is 2.73. The van der Waals surface area contributed by atoms with Crippen molar-refractivity contribution < 1.29 is 9.47 Å². The lowest BCUT2D eigenvalue weighted by Gasteiger charge is -2.10. The normalized spacial score (nSPS) is 10.8. The van der Waals surface area contributed by atoms with Crippen molar-refractivity contribution in [2.45, 2.75) is 19.8 Å². The van der Waals surface area contributed by atoms with Crippen molar-refractivity contribution in [3.05, 3.63) is 98.3 Å². The van der Waals surface area contributed by atoms with E-state index in [1.165, 1.54) is 10.8 Å². The minimum atomic E-state index is -0.509. The Bertz CT molecular complexity index is 1010. The van der Waals surface area contributed by atoms with Crippen LogP contribution in [0.3, 0.4) is 0 Å². The van der Waals surface area contributed by atoms with Crippen LogP contribution >= 0.6 is 0 Å². The third-order valence-corrected chi connectivity index (χ3v) is 4.12. The van der Waals surface area contributed by atoms with E-state index >= 15 is 0 Å². The minimum Gasteiger partial charge on any atom is -0.489 e. The van der Waals surface area contributed by atoms with E-state index in [2.05, 4.69) is 4.98 Å². The molecule has 1 heterocycles. The molecule has 146 valence electrons. The molecule has 7 heteroatoms. The molecule has 0 radical (unpaired) electrons. The molecule has 0 aliphatic heterocycles. The fraction of sp³-hybridized carbons (Fsp3) is 0.238. The molecule has 0 fully saturated rings. The van der Waals surface area contributed by atoms with Gasteiger partial charge >= 0.3 is 5.69 Å². The number of rotatable bonds is 9. The lowest BCUT2D eigenvalue weighted by atomic mass is 10.1. The maximum Gasteiger partial charge on any atom is 0.330 e. The van der Waals surface area contributed by atoms with Gasteiger partial charge in [0.2, 0.25) is 0 Å². The van der Waals surface area contributed by atoms with Gasteiger partial charge in [0.1, 0.15) is 19.1 Å². The molecule has 7 nitrogen and oxygen atoms in total. The first-order chi connectivity index (χ1) is 13.7. The van der Waals surface area contributed by atoms with Crippen molar-refractivity contribution >= 4 is 0 Å². The number of nitrogens with zero attached hydrogens (tertiary/aromatic N) is 1. The smallest absolute Gasteiger partial charge is 0.330 e. The zero-order chi connectivity index (χ0) is 19.8. The van der Waals surface area contributed by atoms with E-state index in [1.54, 1.807) is 0 Å². The van der Waals surface area contributed by atoms with E-state index in [9.17, 15) is 9.59 Å². The van der Waals surface area contributed by atoms with E-state index in [-0.39, 0.29) is 6.73 Å². The Balaban J connectivity index is 1.72. The van der Waals surface area contributed by atoms with Crippen LogP contribution in [0.15, 0.2) is 70.4 Å². The molecule has 0 aliphatic rings. The lowest BCUT2D eigenvalue weighted by Crippen LogP contribution is -2.32. The van der Waals surface area contributed by atoms with Crippen LogP contribution in [0.25, 0.3) is 0 Å². The summed E-state index contributed by atoms with van der Waals surface area (Å²) >= 11 is 0. The first-order valence-corrected chi connectivity index (χ1v) is 9.02. The molecule has 1 aromatic heterocycles. The highest BCUT2D eigenvalue weighted by molar-refractivity contribution is 5.32. The summed E-state index contributed by atoms with van der Waals surface area (Å²) in [5.74, 6) is 0.720. The van der Waals surface area contributed by atoms with Crippen LogP contribution in [0.5, 0.6) is 5.75 Å². The van der Waals surface area contributed by atoms with Gasteiger partial charge in [0.05, 0.1) is 6.61 Å². The summed E-state index contributed by atoms with van der Waals surface area (Å²) in [5.41, 5.74) is 6.92. The van der Waals surface area contributed by atoms with E-state index in [1.807, 2.05) is 54.6 Å². The third kappa shape index (κ3) is 5.42. The number of nitrogens with two attached hydrogens (primary N) is 1. The molecule has 3 aromatic rings. The van der Waals surface area contributed by atoms with Crippen LogP contribution < -0.4 is 21.7 Å². The van der Waals surface area contributed by atoms with Crippen LogP contribution in [0, 0.1) is 0 Å². The van der Waals surface area contributed by atoms with Gasteiger partial charge in [-0.3, -0.25) is 14.3 Å². The standard InChI is InChI=1S/C21H23N3O4/c22-9-10-27-15-24-13-18(20(25)23-21(24)26)11-17-7-4-8-19(12-17)28-14-16-5-2-1-3-6-16/h1-8,12-13H,9-11,14-15,22H2,(H,23,25,26). The summed E-state index contributed by atoms with van der Waals surface area (Å²) < 4.78 is 12.4. The molecule has 0 spiro atoms. The number of benzene rings is 2. The van der Waals surface area contributed by atoms with Gasteiger partial charge in [-0.05, 0) is 23.3 Å². The summed E-state index contributed by atoms with van der Waals surface area (Å²) in [4.78, 5) is 26.4. The van der Waals surface area contributed by atoms with Gasteiger partial charge in [-0.25, -0.2) is 4.79 Å². The van der Waals surface area contributed by atoms with Crippen molar-refractivity contribution in [1.29, 1.82) is 0 Å². The average molecular weight is 381 g/mol. The van der Waals surface area contributed by atoms with Gasteiger partial charge < -0.3 is 15.2 Å². The number of nitrogens with one attached hydrogen (secondary N) is 1. The number of aromatic amines is 1.